The quantitative estimate of drug-likeness (QED) is 0.546. The van der Waals surface area contributed by atoms with Crippen molar-refractivity contribution in [2.24, 2.45) is 0 Å². The number of halogens is 1. The Morgan fingerprint density at radius 3 is 3.00 bits per heavy atom. The summed E-state index contributed by atoms with van der Waals surface area (Å²) >= 11 is 5.92. The van der Waals surface area contributed by atoms with Gasteiger partial charge in [0.15, 0.2) is 12.3 Å². The summed E-state index contributed by atoms with van der Waals surface area (Å²) in [5, 5.41) is 15.3. The average molecular weight is 305 g/mol. The number of nitro groups is 1. The van der Waals surface area contributed by atoms with E-state index in [1.807, 2.05) is 6.07 Å². The fourth-order valence-corrected chi connectivity index (χ4v) is 2.08. The highest BCUT2D eigenvalue weighted by Gasteiger charge is 2.17. The second-order valence-corrected chi connectivity index (χ2v) is 4.67. The largest absolute Gasteiger partial charge is 0.436 e. The maximum absolute atomic E-state index is 10.8. The summed E-state index contributed by atoms with van der Waals surface area (Å²) in [4.78, 5) is 14.4. The first-order valence-corrected chi connectivity index (χ1v) is 6.38. The summed E-state index contributed by atoms with van der Waals surface area (Å²) in [5.41, 5.74) is 0.788. The highest BCUT2D eigenvalue weighted by Crippen LogP contribution is 2.24. The van der Waals surface area contributed by atoms with Gasteiger partial charge in [0.25, 0.3) is 0 Å². The zero-order valence-corrected chi connectivity index (χ0v) is 11.4. The van der Waals surface area contributed by atoms with Crippen molar-refractivity contribution in [3.8, 4) is 11.3 Å². The molecule has 0 aliphatic rings. The van der Waals surface area contributed by atoms with Gasteiger partial charge in [-0.05, 0) is 17.1 Å². The molecule has 0 amide bonds. The van der Waals surface area contributed by atoms with Gasteiger partial charge in [-0.2, -0.15) is 0 Å². The lowest BCUT2D eigenvalue weighted by molar-refractivity contribution is -0.392. The molecule has 3 rings (SSSR count). The van der Waals surface area contributed by atoms with Gasteiger partial charge in [-0.15, -0.1) is 4.68 Å². The topological polar surface area (TPSA) is 87.0 Å². The van der Waals surface area contributed by atoms with E-state index in [1.165, 1.54) is 16.9 Å². The Bertz CT molecular complexity index is 796. The van der Waals surface area contributed by atoms with Crippen LogP contribution in [0.4, 0.5) is 5.82 Å². The minimum Gasteiger partial charge on any atom is -0.436 e. The Hall–Kier alpha value is -2.67. The summed E-state index contributed by atoms with van der Waals surface area (Å²) in [6.45, 7) is 0.0872. The molecule has 3 aromatic rings. The fraction of sp³-hybridized carbons (Fsp3) is 0.0769. The first-order valence-electron chi connectivity index (χ1n) is 6.00. The van der Waals surface area contributed by atoms with Crippen LogP contribution < -0.4 is 0 Å². The lowest BCUT2D eigenvalue weighted by Gasteiger charge is -1.97. The molecule has 0 fully saturated rings. The Balaban J connectivity index is 1.85. The highest BCUT2D eigenvalue weighted by atomic mass is 35.5. The van der Waals surface area contributed by atoms with Crippen LogP contribution in [0, 0.1) is 10.1 Å². The van der Waals surface area contributed by atoms with Crippen LogP contribution in [0.15, 0.2) is 47.1 Å². The molecule has 0 aliphatic heterocycles. The number of rotatable bonds is 4. The number of hydrogen-bond acceptors (Lipinski definition) is 5. The summed E-state index contributed by atoms with van der Waals surface area (Å²) in [6.07, 6.45) is 2.91. The van der Waals surface area contributed by atoms with Crippen molar-refractivity contribution in [1.82, 2.24) is 14.8 Å². The Morgan fingerprint density at radius 2 is 2.24 bits per heavy atom. The lowest BCUT2D eigenvalue weighted by atomic mass is 10.2. The normalized spacial score (nSPS) is 10.7. The van der Waals surface area contributed by atoms with Crippen molar-refractivity contribution in [1.29, 1.82) is 0 Å². The van der Waals surface area contributed by atoms with Crippen LogP contribution in [0.2, 0.25) is 5.02 Å². The van der Waals surface area contributed by atoms with Crippen LogP contribution in [0.5, 0.6) is 0 Å². The van der Waals surface area contributed by atoms with Gasteiger partial charge < -0.3 is 14.5 Å². The van der Waals surface area contributed by atoms with Crippen molar-refractivity contribution in [3.63, 3.8) is 0 Å². The van der Waals surface area contributed by atoms with Gasteiger partial charge in [-0.25, -0.2) is 4.98 Å². The molecule has 21 heavy (non-hydrogen) atoms. The van der Waals surface area contributed by atoms with Crippen LogP contribution in [-0.4, -0.2) is 19.7 Å². The third-order valence-electron chi connectivity index (χ3n) is 2.83. The van der Waals surface area contributed by atoms with E-state index in [2.05, 4.69) is 10.1 Å². The van der Waals surface area contributed by atoms with Crippen LogP contribution in [0.3, 0.4) is 0 Å². The lowest BCUT2D eigenvalue weighted by Crippen LogP contribution is -2.05. The molecule has 0 unspecified atom stereocenters. The molecule has 0 radical (unpaired) electrons. The van der Waals surface area contributed by atoms with E-state index in [-0.39, 0.29) is 12.4 Å². The Morgan fingerprint density at radius 1 is 1.38 bits per heavy atom. The van der Waals surface area contributed by atoms with Crippen molar-refractivity contribution in [2.45, 2.75) is 6.54 Å². The Labute approximate surface area is 123 Å². The maximum atomic E-state index is 10.8. The molecule has 0 saturated heterocycles. The van der Waals surface area contributed by atoms with Crippen molar-refractivity contribution >= 4 is 17.4 Å². The molecule has 2 aromatic heterocycles. The van der Waals surface area contributed by atoms with Gasteiger partial charge in [-0.3, -0.25) is 0 Å². The molecule has 0 bridgehead atoms. The zero-order chi connectivity index (χ0) is 14.8. The van der Waals surface area contributed by atoms with E-state index in [9.17, 15) is 10.1 Å². The van der Waals surface area contributed by atoms with Gasteiger partial charge in [-0.1, -0.05) is 28.8 Å². The van der Waals surface area contributed by atoms with Crippen LogP contribution in [-0.2, 0) is 6.54 Å². The number of hydrogen-bond donors (Lipinski definition) is 0. The third kappa shape index (κ3) is 2.77. The van der Waals surface area contributed by atoms with E-state index in [4.69, 9.17) is 16.0 Å². The van der Waals surface area contributed by atoms with Crippen molar-refractivity contribution < 1.29 is 9.34 Å². The molecule has 106 valence electrons. The SMILES string of the molecule is O=[N+]([O-])c1ccnn1Cc1ncc(-c2cccc(Cl)c2)o1. The first-order chi connectivity index (χ1) is 10.1. The summed E-state index contributed by atoms with van der Waals surface area (Å²) in [5.74, 6) is 0.761. The third-order valence-corrected chi connectivity index (χ3v) is 3.06. The van der Waals surface area contributed by atoms with Crippen LogP contribution >= 0.6 is 11.6 Å². The van der Waals surface area contributed by atoms with Crippen molar-refractivity contribution in [3.05, 3.63) is 63.8 Å². The predicted molar refractivity (Wildman–Crippen MR) is 74.9 cm³/mol. The number of nitrogens with zero attached hydrogens (tertiary/aromatic N) is 4. The van der Waals surface area contributed by atoms with Gasteiger partial charge in [0, 0.05) is 10.6 Å². The van der Waals surface area contributed by atoms with E-state index < -0.39 is 4.92 Å². The summed E-state index contributed by atoms with van der Waals surface area (Å²) in [7, 11) is 0. The molecule has 0 spiro atoms. The summed E-state index contributed by atoms with van der Waals surface area (Å²) in [6, 6.07) is 8.48. The second kappa shape index (κ2) is 5.37. The van der Waals surface area contributed by atoms with Gasteiger partial charge >= 0.3 is 5.82 Å². The molecule has 2 heterocycles. The van der Waals surface area contributed by atoms with Gasteiger partial charge in [0.2, 0.25) is 5.89 Å². The molecule has 0 N–H and O–H groups in total. The number of benzene rings is 1. The fourth-order valence-electron chi connectivity index (χ4n) is 1.89. The average Bonchev–Trinajstić information content (AvgIpc) is 3.08. The molecular weight excluding hydrogens is 296 g/mol. The van der Waals surface area contributed by atoms with Crippen LogP contribution in [0.1, 0.15) is 5.89 Å². The van der Waals surface area contributed by atoms with Crippen LogP contribution in [0.25, 0.3) is 11.3 Å². The molecule has 0 aliphatic carbocycles. The smallest absolute Gasteiger partial charge is 0.345 e. The molecule has 0 saturated carbocycles. The molecule has 8 heteroatoms. The van der Waals surface area contributed by atoms with E-state index in [0.29, 0.717) is 16.7 Å². The van der Waals surface area contributed by atoms with Crippen molar-refractivity contribution in [2.75, 3.05) is 0 Å². The number of aromatic nitrogens is 3. The van der Waals surface area contributed by atoms with E-state index in [1.54, 1.807) is 24.4 Å². The zero-order valence-electron chi connectivity index (χ0n) is 10.6. The molecule has 0 atom stereocenters. The Kier molecular flexibility index (Phi) is 3.41. The minimum atomic E-state index is -0.506. The highest BCUT2D eigenvalue weighted by molar-refractivity contribution is 6.30. The monoisotopic (exact) mass is 304 g/mol. The predicted octanol–water partition coefficient (Wildman–Crippen LogP) is 3.15. The molecule has 1 aromatic carbocycles. The summed E-state index contributed by atoms with van der Waals surface area (Å²) < 4.78 is 6.80. The van der Waals surface area contributed by atoms with E-state index in [0.717, 1.165) is 5.56 Å². The standard InChI is InChI=1S/C13H9ClN4O3/c14-10-3-1-2-9(6-10)11-7-15-12(21-11)8-17-13(18(19)20)4-5-16-17/h1-7H,8H2. The number of oxazole rings is 1. The minimum absolute atomic E-state index is 0.0872. The van der Waals surface area contributed by atoms with Gasteiger partial charge in [0.1, 0.15) is 0 Å². The second-order valence-electron chi connectivity index (χ2n) is 4.23. The van der Waals surface area contributed by atoms with Gasteiger partial charge in [0.05, 0.1) is 18.5 Å². The van der Waals surface area contributed by atoms with E-state index >= 15 is 0 Å². The first kappa shape index (κ1) is 13.3. The maximum Gasteiger partial charge on any atom is 0.345 e. The molecular formula is C13H9ClN4O3. The molecule has 7 nitrogen and oxygen atoms in total.